The van der Waals surface area contributed by atoms with Crippen molar-refractivity contribution in [3.8, 4) is 0 Å². The Morgan fingerprint density at radius 3 is 2.95 bits per heavy atom. The van der Waals surface area contributed by atoms with Gasteiger partial charge in [0, 0.05) is 26.2 Å². The number of likely N-dealkylation sites (tertiary alicyclic amines) is 1. The zero-order valence-electron chi connectivity index (χ0n) is 12.8. The van der Waals surface area contributed by atoms with Crippen molar-refractivity contribution in [2.24, 2.45) is 11.7 Å². The number of aryl methyl sites for hydroxylation is 1. The lowest BCUT2D eigenvalue weighted by atomic mass is 9.96. The summed E-state index contributed by atoms with van der Waals surface area (Å²) in [5.74, 6) is -0.0303. The van der Waals surface area contributed by atoms with E-state index in [9.17, 15) is 9.59 Å². The van der Waals surface area contributed by atoms with E-state index in [1.54, 1.807) is 0 Å². The Morgan fingerprint density at radius 1 is 1.50 bits per heavy atom. The Hall–Kier alpha value is -1.11. The smallest absolute Gasteiger partial charge is 0.264 e. The van der Waals surface area contributed by atoms with Crippen LogP contribution in [0.25, 0.3) is 0 Å². The van der Waals surface area contributed by atoms with E-state index in [0.29, 0.717) is 19.6 Å². The highest BCUT2D eigenvalue weighted by molar-refractivity contribution is 7.12. The number of hydrogen-bond donors (Lipinski definition) is 2. The molecule has 0 bridgehead atoms. The molecule has 124 valence electrons. The van der Waals surface area contributed by atoms with Crippen LogP contribution in [0, 0.1) is 5.92 Å². The molecule has 1 aromatic heterocycles. The van der Waals surface area contributed by atoms with Crippen LogP contribution in [0.1, 0.15) is 35.0 Å². The lowest BCUT2D eigenvalue weighted by Crippen LogP contribution is -2.46. The zero-order chi connectivity index (χ0) is 15.2. The van der Waals surface area contributed by atoms with Gasteiger partial charge < -0.3 is 16.0 Å². The van der Waals surface area contributed by atoms with Crippen LogP contribution in [0.5, 0.6) is 0 Å². The second kappa shape index (κ2) is 9.12. The van der Waals surface area contributed by atoms with Crippen LogP contribution < -0.4 is 11.1 Å². The molecule has 7 heteroatoms. The third kappa shape index (κ3) is 4.44. The summed E-state index contributed by atoms with van der Waals surface area (Å²) in [6, 6.07) is 2.01. The summed E-state index contributed by atoms with van der Waals surface area (Å²) in [6.45, 7) is 4.24. The van der Waals surface area contributed by atoms with E-state index < -0.39 is 0 Å². The number of halogens is 1. The fraction of sp³-hybridized carbons (Fsp3) is 0.600. The minimum atomic E-state index is -0.112. The molecule has 1 aliphatic heterocycles. The Kier molecular flexibility index (Phi) is 7.85. The third-order valence-corrected chi connectivity index (χ3v) is 4.79. The predicted molar refractivity (Wildman–Crippen MR) is 91.6 cm³/mol. The lowest BCUT2D eigenvalue weighted by molar-refractivity contribution is -0.126. The van der Waals surface area contributed by atoms with Crippen molar-refractivity contribution >= 4 is 35.6 Å². The lowest BCUT2D eigenvalue weighted by Gasteiger charge is -2.32. The SMILES string of the molecule is CCc1ccsc1C(=O)N1CCCC(C(=O)NCCN)C1.Cl. The summed E-state index contributed by atoms with van der Waals surface area (Å²) in [7, 11) is 0. The molecule has 1 atom stereocenters. The molecule has 0 aliphatic carbocycles. The van der Waals surface area contributed by atoms with E-state index in [2.05, 4.69) is 12.2 Å². The standard InChI is InChI=1S/C15H23N3O2S.ClH/c1-2-11-5-9-21-13(11)15(20)18-8-3-4-12(10-18)14(19)17-7-6-16;/h5,9,12H,2-4,6-8,10,16H2,1H3,(H,17,19);1H. The van der Waals surface area contributed by atoms with Gasteiger partial charge in [0.15, 0.2) is 0 Å². The largest absolute Gasteiger partial charge is 0.355 e. The number of carbonyl (C=O) groups excluding carboxylic acids is 2. The Labute approximate surface area is 141 Å². The topological polar surface area (TPSA) is 75.4 Å². The number of nitrogens with one attached hydrogen (secondary N) is 1. The summed E-state index contributed by atoms with van der Waals surface area (Å²) < 4.78 is 0. The highest BCUT2D eigenvalue weighted by Gasteiger charge is 2.29. The van der Waals surface area contributed by atoms with E-state index in [4.69, 9.17) is 5.73 Å². The maximum atomic E-state index is 12.6. The van der Waals surface area contributed by atoms with E-state index in [-0.39, 0.29) is 30.1 Å². The molecule has 2 amide bonds. The fourth-order valence-corrected chi connectivity index (χ4v) is 3.62. The van der Waals surface area contributed by atoms with Gasteiger partial charge in [0.1, 0.15) is 0 Å². The van der Waals surface area contributed by atoms with Crippen LogP contribution in [-0.2, 0) is 11.2 Å². The van der Waals surface area contributed by atoms with E-state index in [1.165, 1.54) is 11.3 Å². The van der Waals surface area contributed by atoms with Crippen molar-refractivity contribution in [1.82, 2.24) is 10.2 Å². The van der Waals surface area contributed by atoms with Crippen LogP contribution in [0.2, 0.25) is 0 Å². The van der Waals surface area contributed by atoms with Crippen LogP contribution in [0.4, 0.5) is 0 Å². The van der Waals surface area contributed by atoms with E-state index in [0.717, 1.165) is 36.2 Å². The molecule has 1 aliphatic rings. The van der Waals surface area contributed by atoms with Gasteiger partial charge in [0.05, 0.1) is 10.8 Å². The van der Waals surface area contributed by atoms with Crippen molar-refractivity contribution in [3.63, 3.8) is 0 Å². The average Bonchev–Trinajstić information content (AvgIpc) is 3.00. The Morgan fingerprint density at radius 2 is 2.27 bits per heavy atom. The van der Waals surface area contributed by atoms with Gasteiger partial charge in [-0.25, -0.2) is 0 Å². The molecule has 1 unspecified atom stereocenters. The van der Waals surface area contributed by atoms with Crippen molar-refractivity contribution in [3.05, 3.63) is 21.9 Å². The highest BCUT2D eigenvalue weighted by atomic mass is 35.5. The zero-order valence-corrected chi connectivity index (χ0v) is 14.5. The summed E-state index contributed by atoms with van der Waals surface area (Å²) in [5, 5.41) is 4.78. The molecule has 5 nitrogen and oxygen atoms in total. The second-order valence-corrected chi connectivity index (χ2v) is 6.21. The maximum absolute atomic E-state index is 12.6. The molecule has 22 heavy (non-hydrogen) atoms. The first-order valence-corrected chi connectivity index (χ1v) is 8.38. The van der Waals surface area contributed by atoms with Gasteiger partial charge in [-0.15, -0.1) is 23.7 Å². The first kappa shape index (κ1) is 18.9. The normalized spacial score (nSPS) is 17.7. The number of amides is 2. The minimum absolute atomic E-state index is 0. The first-order chi connectivity index (χ1) is 10.2. The molecular weight excluding hydrogens is 322 g/mol. The van der Waals surface area contributed by atoms with E-state index >= 15 is 0 Å². The number of thiophene rings is 1. The molecule has 0 aromatic carbocycles. The van der Waals surface area contributed by atoms with Crippen LogP contribution in [-0.4, -0.2) is 42.9 Å². The predicted octanol–water partition coefficient (Wildman–Crippen LogP) is 1.66. The van der Waals surface area contributed by atoms with Crippen molar-refractivity contribution < 1.29 is 9.59 Å². The number of carbonyl (C=O) groups is 2. The van der Waals surface area contributed by atoms with Crippen molar-refractivity contribution in [2.45, 2.75) is 26.2 Å². The molecule has 0 radical (unpaired) electrons. The maximum Gasteiger partial charge on any atom is 0.264 e. The molecule has 0 saturated carbocycles. The summed E-state index contributed by atoms with van der Waals surface area (Å²) in [5.41, 5.74) is 6.50. The molecule has 1 saturated heterocycles. The van der Waals surface area contributed by atoms with Gasteiger partial charge in [0.25, 0.3) is 5.91 Å². The van der Waals surface area contributed by atoms with Crippen molar-refractivity contribution in [2.75, 3.05) is 26.2 Å². The number of nitrogens with zero attached hydrogens (tertiary/aromatic N) is 1. The first-order valence-electron chi connectivity index (χ1n) is 7.50. The minimum Gasteiger partial charge on any atom is -0.355 e. The van der Waals surface area contributed by atoms with Crippen molar-refractivity contribution in [1.29, 1.82) is 0 Å². The number of piperidine rings is 1. The van der Waals surface area contributed by atoms with Gasteiger partial charge in [-0.1, -0.05) is 6.92 Å². The number of rotatable bonds is 5. The Bertz CT molecular complexity index is 507. The summed E-state index contributed by atoms with van der Waals surface area (Å²) in [6.07, 6.45) is 2.57. The third-order valence-electron chi connectivity index (χ3n) is 3.84. The molecule has 0 spiro atoms. The van der Waals surface area contributed by atoms with Gasteiger partial charge >= 0.3 is 0 Å². The summed E-state index contributed by atoms with van der Waals surface area (Å²) in [4.78, 5) is 27.3. The van der Waals surface area contributed by atoms with Gasteiger partial charge in [-0.3, -0.25) is 9.59 Å². The van der Waals surface area contributed by atoms with Crippen LogP contribution in [0.15, 0.2) is 11.4 Å². The molecule has 2 rings (SSSR count). The Balaban J connectivity index is 0.00000242. The molecule has 2 heterocycles. The highest BCUT2D eigenvalue weighted by Crippen LogP contribution is 2.23. The quantitative estimate of drug-likeness (QED) is 0.852. The van der Waals surface area contributed by atoms with Crippen LogP contribution in [0.3, 0.4) is 0 Å². The fourth-order valence-electron chi connectivity index (χ4n) is 2.66. The van der Waals surface area contributed by atoms with Gasteiger partial charge in [-0.05, 0) is 36.3 Å². The number of hydrogen-bond acceptors (Lipinski definition) is 4. The van der Waals surface area contributed by atoms with E-state index in [1.807, 2.05) is 16.3 Å². The monoisotopic (exact) mass is 345 g/mol. The number of nitrogens with two attached hydrogens (primary N) is 1. The average molecular weight is 346 g/mol. The molecule has 3 N–H and O–H groups in total. The summed E-state index contributed by atoms with van der Waals surface area (Å²) >= 11 is 1.49. The van der Waals surface area contributed by atoms with Crippen LogP contribution >= 0.6 is 23.7 Å². The molecular formula is C15H24ClN3O2S. The second-order valence-electron chi connectivity index (χ2n) is 5.30. The van der Waals surface area contributed by atoms with Gasteiger partial charge in [0.2, 0.25) is 5.91 Å². The molecule has 1 aromatic rings. The van der Waals surface area contributed by atoms with Gasteiger partial charge in [-0.2, -0.15) is 0 Å². The molecule has 1 fully saturated rings.